The van der Waals surface area contributed by atoms with E-state index in [2.05, 4.69) is 16.8 Å². The van der Waals surface area contributed by atoms with E-state index < -0.39 is 0 Å². The predicted octanol–water partition coefficient (Wildman–Crippen LogP) is 4.79. The van der Waals surface area contributed by atoms with Gasteiger partial charge in [0.25, 0.3) is 11.5 Å². The number of hydrogen-bond donors (Lipinski definition) is 0. The molecule has 0 unspecified atom stereocenters. The number of rotatable bonds is 10. The number of pyridine rings is 2. The van der Waals surface area contributed by atoms with Crippen molar-refractivity contribution in [1.82, 2.24) is 14.5 Å². The van der Waals surface area contributed by atoms with Crippen molar-refractivity contribution < 1.29 is 14.3 Å². The summed E-state index contributed by atoms with van der Waals surface area (Å²) in [5.41, 5.74) is 0.789. The second-order valence-electron chi connectivity index (χ2n) is 9.30. The van der Waals surface area contributed by atoms with Gasteiger partial charge in [-0.15, -0.1) is 11.3 Å². The Balaban J connectivity index is 1.54. The van der Waals surface area contributed by atoms with Gasteiger partial charge in [-0.25, -0.2) is 4.98 Å². The lowest BCUT2D eigenvalue weighted by Gasteiger charge is -2.35. The van der Waals surface area contributed by atoms with Crippen LogP contribution in [0.25, 0.3) is 21.0 Å². The van der Waals surface area contributed by atoms with Crippen LogP contribution in [0.2, 0.25) is 0 Å². The van der Waals surface area contributed by atoms with E-state index in [0.29, 0.717) is 62.0 Å². The molecule has 1 saturated heterocycles. The number of ether oxygens (including phenoxy) is 2. The van der Waals surface area contributed by atoms with Crippen molar-refractivity contribution in [3.8, 4) is 5.75 Å². The topological polar surface area (TPSA) is 76.9 Å². The zero-order chi connectivity index (χ0) is 26.5. The van der Waals surface area contributed by atoms with Crippen molar-refractivity contribution in [3.63, 3.8) is 0 Å². The molecule has 0 N–H and O–H groups in total. The molecule has 200 valence electrons. The first-order chi connectivity index (χ1) is 18.6. The summed E-state index contributed by atoms with van der Waals surface area (Å²) in [5.74, 6) is 1.21. The van der Waals surface area contributed by atoms with Gasteiger partial charge in [0.15, 0.2) is 5.75 Å². The van der Waals surface area contributed by atoms with Crippen LogP contribution in [-0.4, -0.2) is 66.4 Å². The Labute approximate surface area is 226 Å². The molecule has 5 rings (SSSR count). The summed E-state index contributed by atoms with van der Waals surface area (Å²) in [7, 11) is 0. The maximum absolute atomic E-state index is 13.9. The van der Waals surface area contributed by atoms with Crippen molar-refractivity contribution in [2.75, 3.05) is 50.9 Å². The minimum absolute atomic E-state index is 0.0955. The number of nitrogens with zero attached hydrogens (tertiary/aromatic N) is 4. The Bertz CT molecular complexity index is 1460. The van der Waals surface area contributed by atoms with E-state index in [9.17, 15) is 9.59 Å². The van der Waals surface area contributed by atoms with Gasteiger partial charge < -0.3 is 23.8 Å². The number of piperazine rings is 1. The van der Waals surface area contributed by atoms with E-state index >= 15 is 0 Å². The molecule has 4 heterocycles. The van der Waals surface area contributed by atoms with Crippen molar-refractivity contribution in [3.05, 3.63) is 63.9 Å². The van der Waals surface area contributed by atoms with E-state index in [-0.39, 0.29) is 18.1 Å². The highest BCUT2D eigenvalue weighted by Gasteiger charge is 2.30. The first-order valence-electron chi connectivity index (χ1n) is 13.4. The SMILES string of the molecule is CCCCn1c(=O)c2c(OCCOCC)c(C(=O)N3CCN(c4ccccn4)CC3)sc2c2ccccc21. The molecular formula is C29H34N4O4S. The van der Waals surface area contributed by atoms with Gasteiger partial charge in [-0.05, 0) is 31.5 Å². The number of thiophene rings is 1. The average molecular weight is 535 g/mol. The minimum Gasteiger partial charge on any atom is -0.489 e. The molecular weight excluding hydrogens is 500 g/mol. The molecule has 0 spiro atoms. The lowest BCUT2D eigenvalue weighted by Crippen LogP contribution is -2.49. The van der Waals surface area contributed by atoms with Crippen LogP contribution in [0.3, 0.4) is 0 Å². The van der Waals surface area contributed by atoms with Crippen LogP contribution in [0, 0.1) is 0 Å². The summed E-state index contributed by atoms with van der Waals surface area (Å²) in [5, 5.41) is 1.47. The van der Waals surface area contributed by atoms with Gasteiger partial charge in [0.1, 0.15) is 22.7 Å². The van der Waals surface area contributed by atoms with Crippen LogP contribution in [-0.2, 0) is 11.3 Å². The average Bonchev–Trinajstić information content (AvgIpc) is 3.35. The third-order valence-corrected chi connectivity index (χ3v) is 8.10. The highest BCUT2D eigenvalue weighted by Crippen LogP contribution is 2.40. The molecule has 0 radical (unpaired) electrons. The molecule has 9 heteroatoms. The van der Waals surface area contributed by atoms with Gasteiger partial charge in [0.05, 0.1) is 16.8 Å². The number of aryl methyl sites for hydroxylation is 1. The number of benzene rings is 1. The van der Waals surface area contributed by atoms with Gasteiger partial charge in [0.2, 0.25) is 0 Å². The number of anilines is 1. The number of carbonyl (C=O) groups is 1. The number of hydrogen-bond acceptors (Lipinski definition) is 7. The molecule has 0 saturated carbocycles. The summed E-state index contributed by atoms with van der Waals surface area (Å²) in [6.07, 6.45) is 3.66. The standard InChI is InChI=1S/C29H34N4O4S/c1-3-5-14-33-22-11-7-6-10-21(22)26-24(28(33)34)25(37-20-19-36-4-2)27(38-26)29(35)32-17-15-31(16-18-32)23-12-8-9-13-30-23/h6-13H,3-5,14-20H2,1-2H3. The summed E-state index contributed by atoms with van der Waals surface area (Å²) in [6.45, 7) is 8.44. The molecule has 1 amide bonds. The summed E-state index contributed by atoms with van der Waals surface area (Å²) in [6, 6.07) is 13.8. The second kappa shape index (κ2) is 12.0. The lowest BCUT2D eigenvalue weighted by atomic mass is 10.1. The van der Waals surface area contributed by atoms with Crippen molar-refractivity contribution in [2.24, 2.45) is 0 Å². The normalized spacial score (nSPS) is 13.9. The Kier molecular flexibility index (Phi) is 8.24. The third kappa shape index (κ3) is 5.13. The monoisotopic (exact) mass is 534 g/mol. The molecule has 0 atom stereocenters. The number of amides is 1. The van der Waals surface area contributed by atoms with Crippen molar-refractivity contribution in [1.29, 1.82) is 0 Å². The largest absolute Gasteiger partial charge is 0.489 e. The molecule has 1 aliphatic rings. The van der Waals surface area contributed by atoms with Crippen molar-refractivity contribution in [2.45, 2.75) is 33.2 Å². The molecule has 38 heavy (non-hydrogen) atoms. The number of para-hydroxylation sites is 1. The number of aromatic nitrogens is 2. The summed E-state index contributed by atoms with van der Waals surface area (Å²) >= 11 is 1.37. The number of carbonyl (C=O) groups excluding carboxylic acids is 1. The zero-order valence-electron chi connectivity index (χ0n) is 22.0. The Morgan fingerprint density at radius 2 is 1.82 bits per heavy atom. The van der Waals surface area contributed by atoms with Crippen LogP contribution in [0.5, 0.6) is 5.75 Å². The fourth-order valence-electron chi connectivity index (χ4n) is 4.93. The fraction of sp³-hybridized carbons (Fsp3) is 0.414. The molecule has 3 aromatic heterocycles. The molecule has 0 bridgehead atoms. The third-order valence-electron chi connectivity index (χ3n) is 6.91. The quantitative estimate of drug-likeness (QED) is 0.272. The van der Waals surface area contributed by atoms with E-state index in [1.807, 2.05) is 58.9 Å². The minimum atomic E-state index is -0.103. The first-order valence-corrected chi connectivity index (χ1v) is 14.2. The first kappa shape index (κ1) is 26.2. The molecule has 0 aliphatic carbocycles. The molecule has 1 aromatic carbocycles. The zero-order valence-corrected chi connectivity index (χ0v) is 22.8. The molecule has 1 aliphatic heterocycles. The number of fused-ring (bicyclic) bond motifs is 3. The second-order valence-corrected chi connectivity index (χ2v) is 10.3. The summed E-state index contributed by atoms with van der Waals surface area (Å²) < 4.78 is 14.3. The van der Waals surface area contributed by atoms with Crippen LogP contribution in [0.1, 0.15) is 36.4 Å². The van der Waals surface area contributed by atoms with E-state index in [1.165, 1.54) is 11.3 Å². The maximum Gasteiger partial charge on any atom is 0.267 e. The Morgan fingerprint density at radius 1 is 1.03 bits per heavy atom. The van der Waals surface area contributed by atoms with Crippen molar-refractivity contribution >= 4 is 44.1 Å². The fourth-order valence-corrected chi connectivity index (χ4v) is 6.17. The van der Waals surface area contributed by atoms with Gasteiger partial charge in [-0.2, -0.15) is 0 Å². The maximum atomic E-state index is 13.9. The van der Waals surface area contributed by atoms with Crippen LogP contribution < -0.4 is 15.2 Å². The predicted molar refractivity (Wildman–Crippen MR) is 153 cm³/mol. The number of unbranched alkanes of at least 4 members (excludes halogenated alkanes) is 1. The van der Waals surface area contributed by atoms with Gasteiger partial charge in [-0.1, -0.05) is 37.6 Å². The van der Waals surface area contributed by atoms with E-state index in [4.69, 9.17) is 9.47 Å². The van der Waals surface area contributed by atoms with Crippen LogP contribution >= 0.6 is 11.3 Å². The summed E-state index contributed by atoms with van der Waals surface area (Å²) in [4.78, 5) is 36.8. The van der Waals surface area contributed by atoms with Gasteiger partial charge in [0, 0.05) is 50.9 Å². The molecule has 8 nitrogen and oxygen atoms in total. The molecule has 1 fully saturated rings. The van der Waals surface area contributed by atoms with Crippen LogP contribution in [0.4, 0.5) is 5.82 Å². The smallest absolute Gasteiger partial charge is 0.267 e. The lowest BCUT2D eigenvalue weighted by molar-refractivity contribution is 0.0742. The van der Waals surface area contributed by atoms with Gasteiger partial charge >= 0.3 is 0 Å². The van der Waals surface area contributed by atoms with E-state index in [0.717, 1.165) is 34.3 Å². The van der Waals surface area contributed by atoms with Gasteiger partial charge in [-0.3, -0.25) is 9.59 Å². The highest BCUT2D eigenvalue weighted by molar-refractivity contribution is 7.22. The Hall–Kier alpha value is -3.43. The highest BCUT2D eigenvalue weighted by atomic mass is 32.1. The van der Waals surface area contributed by atoms with E-state index in [1.54, 1.807) is 6.20 Å². The van der Waals surface area contributed by atoms with Crippen LogP contribution in [0.15, 0.2) is 53.5 Å². The molecule has 4 aromatic rings. The Morgan fingerprint density at radius 3 is 2.55 bits per heavy atom.